The van der Waals surface area contributed by atoms with E-state index in [1.807, 2.05) is 0 Å². The van der Waals surface area contributed by atoms with Crippen LogP contribution in [0.2, 0.25) is 0 Å². The molecule has 0 heterocycles. The van der Waals surface area contributed by atoms with Gasteiger partial charge in [-0.1, -0.05) is 13.8 Å². The van der Waals surface area contributed by atoms with Gasteiger partial charge in [-0.15, -0.1) is 0 Å². The summed E-state index contributed by atoms with van der Waals surface area (Å²) in [7, 11) is -0.0325. The Hall–Kier alpha value is 0.0969. The van der Waals surface area contributed by atoms with Crippen LogP contribution in [0.15, 0.2) is 0 Å². The second-order valence-corrected chi connectivity index (χ2v) is 4.94. The molecule has 2 radical (unpaired) electrons. The molecule has 0 fully saturated rings. The first kappa shape index (κ1) is 13.1. The third kappa shape index (κ3) is 6.21. The highest BCUT2D eigenvalue weighted by molar-refractivity contribution is 6.27. The van der Waals surface area contributed by atoms with Crippen molar-refractivity contribution in [3.63, 3.8) is 0 Å². The van der Waals surface area contributed by atoms with Crippen molar-refractivity contribution in [1.29, 1.82) is 0 Å². The van der Waals surface area contributed by atoms with Crippen molar-refractivity contribution in [2.45, 2.75) is 52.5 Å². The molecule has 2 unspecified atom stereocenters. The van der Waals surface area contributed by atoms with Gasteiger partial charge in [0.2, 0.25) is 9.76 Å². The molecule has 0 aliphatic carbocycles. The monoisotopic (exact) mass is 202 g/mol. The molecule has 4 heteroatoms. The van der Waals surface area contributed by atoms with Crippen LogP contribution in [0.25, 0.3) is 0 Å². The zero-order valence-electron chi connectivity index (χ0n) is 9.26. The van der Waals surface area contributed by atoms with Crippen molar-refractivity contribution >= 4 is 9.76 Å². The molecule has 13 heavy (non-hydrogen) atoms. The van der Waals surface area contributed by atoms with E-state index in [1.165, 1.54) is 0 Å². The first-order valence-electron chi connectivity index (χ1n) is 4.89. The van der Waals surface area contributed by atoms with Gasteiger partial charge in [-0.2, -0.15) is 0 Å². The van der Waals surface area contributed by atoms with Gasteiger partial charge in [-0.05, 0) is 26.7 Å². The Bertz CT molecular complexity index is 131. The summed E-state index contributed by atoms with van der Waals surface area (Å²) in [6.45, 7) is 10.5. The second kappa shape index (κ2) is 6.54. The third-order valence-corrected chi connectivity index (χ3v) is 2.93. The Kier molecular flexibility index (Phi) is 6.58. The number of nitrogens with one attached hydrogen (secondary N) is 2. The molecule has 3 nitrogen and oxygen atoms in total. The average molecular weight is 202 g/mol. The van der Waals surface area contributed by atoms with Gasteiger partial charge in [0.15, 0.2) is 0 Å². The van der Waals surface area contributed by atoms with Gasteiger partial charge in [-0.25, -0.2) is 0 Å². The van der Waals surface area contributed by atoms with Crippen LogP contribution in [0, 0.1) is 5.92 Å². The Balaban J connectivity index is 3.79. The lowest BCUT2D eigenvalue weighted by Crippen LogP contribution is -2.51. The lowest BCUT2D eigenvalue weighted by Gasteiger charge is -2.25. The molecule has 0 bridgehead atoms. The molecule has 0 saturated heterocycles. The lowest BCUT2D eigenvalue weighted by molar-refractivity contribution is 0.357. The summed E-state index contributed by atoms with van der Waals surface area (Å²) in [6.07, 6.45) is 0.257. The molecule has 78 valence electrons. The normalized spacial score (nSPS) is 16.6. The van der Waals surface area contributed by atoms with Crippen LogP contribution in [-0.2, 0) is 0 Å². The van der Waals surface area contributed by atoms with E-state index in [-0.39, 0.29) is 21.6 Å². The van der Waals surface area contributed by atoms with Crippen molar-refractivity contribution in [2.75, 3.05) is 0 Å². The van der Waals surface area contributed by atoms with Crippen molar-refractivity contribution in [2.24, 2.45) is 5.92 Å². The minimum absolute atomic E-state index is 0.0325. The summed E-state index contributed by atoms with van der Waals surface area (Å²) in [5, 5.41) is 6.69. The molecule has 0 aliphatic rings. The molecular weight excluding hydrogens is 180 g/mol. The van der Waals surface area contributed by atoms with Crippen LogP contribution in [0.4, 0.5) is 0 Å². The third-order valence-electron chi connectivity index (χ3n) is 1.82. The highest BCUT2D eigenvalue weighted by Crippen LogP contribution is 1.99. The standard InChI is InChI=1S/C9H22N2OSi/c1-6(2)9(13-12)11-8(5)10-7(3)4/h6-12H,1-5H3. The molecule has 0 amide bonds. The van der Waals surface area contributed by atoms with E-state index in [0.29, 0.717) is 12.0 Å². The van der Waals surface area contributed by atoms with Crippen LogP contribution in [0.1, 0.15) is 34.6 Å². The van der Waals surface area contributed by atoms with Crippen molar-refractivity contribution in [3.05, 3.63) is 0 Å². The van der Waals surface area contributed by atoms with Crippen LogP contribution in [0.3, 0.4) is 0 Å². The highest BCUT2D eigenvalue weighted by Gasteiger charge is 2.16. The SMILES string of the molecule is CC(C)NC(C)NC([Si]O)C(C)C. The van der Waals surface area contributed by atoms with Gasteiger partial charge in [0.05, 0.1) is 6.17 Å². The fraction of sp³-hybridized carbons (Fsp3) is 1.00. The summed E-state index contributed by atoms with van der Waals surface area (Å²) in [5.41, 5.74) is 0.209. The van der Waals surface area contributed by atoms with E-state index in [2.05, 4.69) is 45.3 Å². The number of rotatable bonds is 6. The van der Waals surface area contributed by atoms with Crippen molar-refractivity contribution in [3.8, 4) is 0 Å². The molecule has 0 aliphatic heterocycles. The summed E-state index contributed by atoms with van der Waals surface area (Å²) < 4.78 is 0. The van der Waals surface area contributed by atoms with Crippen LogP contribution < -0.4 is 10.6 Å². The molecule has 0 aromatic heterocycles. The molecule has 3 N–H and O–H groups in total. The van der Waals surface area contributed by atoms with E-state index in [9.17, 15) is 0 Å². The van der Waals surface area contributed by atoms with E-state index >= 15 is 0 Å². The Labute approximate surface area is 84.3 Å². The van der Waals surface area contributed by atoms with Crippen LogP contribution >= 0.6 is 0 Å². The molecule has 0 spiro atoms. The average Bonchev–Trinajstić information content (AvgIpc) is 1.98. The maximum atomic E-state index is 9.12. The maximum Gasteiger partial charge on any atom is 0.243 e. The lowest BCUT2D eigenvalue weighted by atomic mass is 10.2. The molecule has 2 atom stereocenters. The summed E-state index contributed by atoms with van der Waals surface area (Å²) in [6, 6.07) is 0.470. The summed E-state index contributed by atoms with van der Waals surface area (Å²) >= 11 is 0. The predicted octanol–water partition coefficient (Wildman–Crippen LogP) is 0.514. The first-order chi connectivity index (χ1) is 5.97. The van der Waals surface area contributed by atoms with E-state index < -0.39 is 0 Å². The Morgan fingerprint density at radius 1 is 1.00 bits per heavy atom. The van der Waals surface area contributed by atoms with Gasteiger partial charge < -0.3 is 4.80 Å². The molecule has 0 rings (SSSR count). The topological polar surface area (TPSA) is 44.3 Å². The van der Waals surface area contributed by atoms with Crippen molar-refractivity contribution in [1.82, 2.24) is 10.6 Å². The predicted molar refractivity (Wildman–Crippen MR) is 57.5 cm³/mol. The number of hydrogen-bond donors (Lipinski definition) is 3. The first-order valence-corrected chi connectivity index (χ1v) is 5.91. The highest BCUT2D eigenvalue weighted by atomic mass is 28.2. The van der Waals surface area contributed by atoms with Crippen molar-refractivity contribution < 1.29 is 4.80 Å². The van der Waals surface area contributed by atoms with Crippen LogP contribution in [-0.4, -0.2) is 32.4 Å². The van der Waals surface area contributed by atoms with E-state index in [0.717, 1.165) is 0 Å². The smallest absolute Gasteiger partial charge is 0.243 e. The summed E-state index contributed by atoms with van der Waals surface area (Å²) in [5.74, 6) is 0.472. The Morgan fingerprint density at radius 2 is 1.54 bits per heavy atom. The van der Waals surface area contributed by atoms with E-state index in [1.54, 1.807) is 0 Å². The van der Waals surface area contributed by atoms with Crippen LogP contribution in [0.5, 0.6) is 0 Å². The molecule has 0 aromatic rings. The zero-order valence-corrected chi connectivity index (χ0v) is 10.3. The minimum Gasteiger partial charge on any atom is -0.430 e. The molecular formula is C9H22N2OSi. The largest absolute Gasteiger partial charge is 0.430 e. The van der Waals surface area contributed by atoms with E-state index in [4.69, 9.17) is 4.80 Å². The fourth-order valence-corrected chi connectivity index (χ4v) is 1.82. The summed E-state index contributed by atoms with van der Waals surface area (Å²) in [4.78, 5) is 9.12. The van der Waals surface area contributed by atoms with Gasteiger partial charge in [0.25, 0.3) is 0 Å². The van der Waals surface area contributed by atoms with Gasteiger partial charge >= 0.3 is 0 Å². The van der Waals surface area contributed by atoms with Gasteiger partial charge in [0, 0.05) is 11.7 Å². The Morgan fingerprint density at radius 3 is 1.85 bits per heavy atom. The molecule has 0 aromatic carbocycles. The maximum absolute atomic E-state index is 9.12. The molecule has 0 saturated carbocycles. The van der Waals surface area contributed by atoms with Gasteiger partial charge in [0.1, 0.15) is 0 Å². The minimum atomic E-state index is -0.0325. The fourth-order valence-electron chi connectivity index (χ4n) is 1.20. The second-order valence-electron chi connectivity index (χ2n) is 4.06. The zero-order chi connectivity index (χ0) is 10.4. The number of hydrogen-bond acceptors (Lipinski definition) is 3. The quantitative estimate of drug-likeness (QED) is 0.434. The van der Waals surface area contributed by atoms with Gasteiger partial charge in [-0.3, -0.25) is 10.6 Å².